The number of nitrogens with zero attached hydrogens (tertiary/aromatic N) is 1. The number of amidine groups is 1. The first-order chi connectivity index (χ1) is 11.7. The van der Waals surface area contributed by atoms with Crippen molar-refractivity contribution in [2.75, 3.05) is 6.54 Å². The Morgan fingerprint density at radius 2 is 1.58 bits per heavy atom. The zero-order valence-corrected chi connectivity index (χ0v) is 17.3. The average Bonchev–Trinajstić information content (AvgIpc) is 2.38. The fourth-order valence-electron chi connectivity index (χ4n) is 1.71. The highest BCUT2D eigenvalue weighted by Crippen LogP contribution is 2.10. The highest BCUT2D eigenvalue weighted by molar-refractivity contribution is 5.90. The maximum Gasteiger partial charge on any atom is 0.415 e. The molecule has 0 bridgehead atoms. The number of alkyl carbamates (subject to hydrolysis) is 1. The zero-order valence-electron chi connectivity index (χ0n) is 17.3. The standard InChI is InChI=1S/C18H35N3O5/c1-12(2)24-15(21-16(23)26-18(6,7)8)20-11-9-10-13(19)14(22)25-17(3,4)5/h12-13H,9-11,19H2,1-8H3,(H,20,21,23)/t13-/m0/s1. The van der Waals surface area contributed by atoms with E-state index in [0.717, 1.165) is 0 Å². The first-order valence-corrected chi connectivity index (χ1v) is 8.89. The zero-order chi connectivity index (χ0) is 20.5. The van der Waals surface area contributed by atoms with Crippen LogP contribution in [0.3, 0.4) is 0 Å². The number of ether oxygens (including phenoxy) is 3. The molecule has 0 heterocycles. The Morgan fingerprint density at radius 1 is 1.04 bits per heavy atom. The van der Waals surface area contributed by atoms with Gasteiger partial charge in [0, 0.05) is 6.54 Å². The van der Waals surface area contributed by atoms with E-state index in [4.69, 9.17) is 19.9 Å². The third-order valence-corrected chi connectivity index (χ3v) is 2.59. The summed E-state index contributed by atoms with van der Waals surface area (Å²) in [7, 11) is 0. The van der Waals surface area contributed by atoms with Crippen LogP contribution in [0.4, 0.5) is 4.79 Å². The predicted molar refractivity (Wildman–Crippen MR) is 101 cm³/mol. The molecule has 0 fully saturated rings. The number of nitrogens with two attached hydrogens (primary N) is 1. The van der Waals surface area contributed by atoms with Crippen LogP contribution in [-0.4, -0.2) is 48.0 Å². The van der Waals surface area contributed by atoms with Crippen molar-refractivity contribution in [3.63, 3.8) is 0 Å². The molecule has 0 aromatic rings. The van der Waals surface area contributed by atoms with E-state index in [1.165, 1.54) is 0 Å². The van der Waals surface area contributed by atoms with Gasteiger partial charge < -0.3 is 19.9 Å². The van der Waals surface area contributed by atoms with Gasteiger partial charge in [0.1, 0.15) is 17.2 Å². The van der Waals surface area contributed by atoms with Gasteiger partial charge in [-0.3, -0.25) is 4.79 Å². The van der Waals surface area contributed by atoms with Crippen LogP contribution in [0.2, 0.25) is 0 Å². The molecular formula is C18H35N3O5. The van der Waals surface area contributed by atoms with Crippen molar-refractivity contribution in [1.82, 2.24) is 5.32 Å². The van der Waals surface area contributed by atoms with E-state index in [9.17, 15) is 9.59 Å². The van der Waals surface area contributed by atoms with Crippen LogP contribution >= 0.6 is 0 Å². The smallest absolute Gasteiger partial charge is 0.415 e. The summed E-state index contributed by atoms with van der Waals surface area (Å²) in [4.78, 5) is 27.9. The lowest BCUT2D eigenvalue weighted by Crippen LogP contribution is -2.39. The Hall–Kier alpha value is -1.83. The summed E-state index contributed by atoms with van der Waals surface area (Å²) in [6, 6.07) is -0.627. The summed E-state index contributed by atoms with van der Waals surface area (Å²) in [6.45, 7) is 14.7. The molecule has 0 aliphatic heterocycles. The van der Waals surface area contributed by atoms with Crippen molar-refractivity contribution < 1.29 is 23.8 Å². The van der Waals surface area contributed by atoms with Gasteiger partial charge in [0.15, 0.2) is 0 Å². The molecule has 26 heavy (non-hydrogen) atoms. The molecule has 0 aliphatic carbocycles. The lowest BCUT2D eigenvalue weighted by Gasteiger charge is -2.22. The van der Waals surface area contributed by atoms with Gasteiger partial charge >= 0.3 is 12.1 Å². The minimum absolute atomic E-state index is 0.0834. The second kappa shape index (κ2) is 10.4. The summed E-state index contributed by atoms with van der Waals surface area (Å²) >= 11 is 0. The number of nitrogens with one attached hydrogen (secondary N) is 1. The number of hydrogen-bond donors (Lipinski definition) is 2. The largest absolute Gasteiger partial charge is 0.462 e. The second-order valence-corrected chi connectivity index (χ2v) is 8.26. The van der Waals surface area contributed by atoms with Crippen LogP contribution in [0.25, 0.3) is 0 Å². The minimum Gasteiger partial charge on any atom is -0.462 e. The van der Waals surface area contributed by atoms with Gasteiger partial charge in [-0.15, -0.1) is 0 Å². The molecule has 1 atom stereocenters. The first-order valence-electron chi connectivity index (χ1n) is 8.89. The summed E-state index contributed by atoms with van der Waals surface area (Å²) in [5, 5.41) is 2.49. The predicted octanol–water partition coefficient (Wildman–Crippen LogP) is 2.74. The number of carbonyl (C=O) groups is 2. The number of amides is 1. The molecule has 0 saturated carbocycles. The van der Waals surface area contributed by atoms with Crippen LogP contribution in [-0.2, 0) is 19.0 Å². The summed E-state index contributed by atoms with van der Waals surface area (Å²) in [5.41, 5.74) is 4.64. The number of rotatable bonds is 6. The molecule has 3 N–H and O–H groups in total. The molecule has 0 saturated heterocycles. The van der Waals surface area contributed by atoms with E-state index in [2.05, 4.69) is 10.3 Å². The van der Waals surface area contributed by atoms with E-state index in [1.54, 1.807) is 41.5 Å². The lowest BCUT2D eigenvalue weighted by atomic mass is 10.1. The molecule has 8 nitrogen and oxygen atoms in total. The van der Waals surface area contributed by atoms with Crippen LogP contribution in [0.15, 0.2) is 4.99 Å². The fourth-order valence-corrected chi connectivity index (χ4v) is 1.71. The number of carbonyl (C=O) groups excluding carboxylic acids is 2. The van der Waals surface area contributed by atoms with E-state index in [1.807, 2.05) is 13.8 Å². The molecule has 0 unspecified atom stereocenters. The Kier molecular flexibility index (Phi) is 9.62. The van der Waals surface area contributed by atoms with E-state index < -0.39 is 29.3 Å². The third-order valence-electron chi connectivity index (χ3n) is 2.59. The molecular weight excluding hydrogens is 338 g/mol. The van der Waals surface area contributed by atoms with Crippen molar-refractivity contribution in [1.29, 1.82) is 0 Å². The lowest BCUT2D eigenvalue weighted by molar-refractivity contribution is -0.156. The van der Waals surface area contributed by atoms with Crippen LogP contribution < -0.4 is 11.1 Å². The Labute approximate surface area is 156 Å². The normalized spacial score (nSPS) is 14.0. The molecule has 0 aromatic carbocycles. The van der Waals surface area contributed by atoms with Crippen molar-refractivity contribution in [3.8, 4) is 0 Å². The summed E-state index contributed by atoms with van der Waals surface area (Å²) in [5.74, 6) is -0.438. The summed E-state index contributed by atoms with van der Waals surface area (Å²) in [6.07, 6.45) is 0.163. The van der Waals surface area contributed by atoms with E-state index >= 15 is 0 Å². The quantitative estimate of drug-likeness (QED) is 0.320. The molecule has 0 radical (unpaired) electrons. The minimum atomic E-state index is -0.710. The highest BCUT2D eigenvalue weighted by Gasteiger charge is 2.22. The van der Waals surface area contributed by atoms with Gasteiger partial charge in [0.05, 0.1) is 6.10 Å². The Balaban J connectivity index is 4.54. The van der Waals surface area contributed by atoms with Gasteiger partial charge in [-0.05, 0) is 68.2 Å². The molecule has 152 valence electrons. The average molecular weight is 373 g/mol. The molecule has 0 spiro atoms. The monoisotopic (exact) mass is 373 g/mol. The highest BCUT2D eigenvalue weighted by atomic mass is 16.6. The maximum atomic E-state index is 11.8. The molecule has 0 aromatic heterocycles. The van der Waals surface area contributed by atoms with E-state index in [0.29, 0.717) is 19.4 Å². The van der Waals surface area contributed by atoms with Gasteiger partial charge in [-0.25, -0.2) is 15.1 Å². The first kappa shape index (κ1) is 24.2. The van der Waals surface area contributed by atoms with Crippen LogP contribution in [0.5, 0.6) is 0 Å². The fraction of sp³-hybridized carbons (Fsp3) is 0.833. The topological polar surface area (TPSA) is 112 Å². The number of aliphatic imine (C=N–C) groups is 1. The molecule has 0 rings (SSSR count). The third kappa shape index (κ3) is 13.5. The van der Waals surface area contributed by atoms with Gasteiger partial charge in [0.2, 0.25) is 0 Å². The maximum absolute atomic E-state index is 11.8. The Bertz CT molecular complexity index is 490. The van der Waals surface area contributed by atoms with Crippen molar-refractivity contribution in [2.45, 2.75) is 91.6 Å². The van der Waals surface area contributed by atoms with Gasteiger partial charge in [-0.2, -0.15) is 0 Å². The molecule has 0 aliphatic rings. The number of hydrogen-bond acceptors (Lipinski definition) is 7. The Morgan fingerprint density at radius 3 is 2.04 bits per heavy atom. The summed E-state index contributed by atoms with van der Waals surface area (Å²) < 4.78 is 15.9. The van der Waals surface area contributed by atoms with Crippen molar-refractivity contribution in [2.24, 2.45) is 10.7 Å². The molecule has 1 amide bonds. The molecule has 8 heteroatoms. The number of esters is 1. The van der Waals surface area contributed by atoms with Gasteiger partial charge in [0.25, 0.3) is 6.02 Å². The van der Waals surface area contributed by atoms with Crippen LogP contribution in [0, 0.1) is 0 Å². The van der Waals surface area contributed by atoms with Crippen molar-refractivity contribution in [3.05, 3.63) is 0 Å². The van der Waals surface area contributed by atoms with Gasteiger partial charge in [-0.1, -0.05) is 0 Å². The van der Waals surface area contributed by atoms with Crippen LogP contribution in [0.1, 0.15) is 68.2 Å². The SMILES string of the molecule is CC(C)OC(=NCCC[C@H](N)C(=O)OC(C)(C)C)NC(=O)OC(C)(C)C. The second-order valence-electron chi connectivity index (χ2n) is 8.26. The van der Waals surface area contributed by atoms with E-state index in [-0.39, 0.29) is 12.1 Å². The van der Waals surface area contributed by atoms with Crippen molar-refractivity contribution >= 4 is 18.1 Å².